The molecule has 0 saturated heterocycles. The number of carbonyl (C=O) groups excluding carboxylic acids is 1. The molecule has 0 fully saturated rings. The molecule has 35 heavy (non-hydrogen) atoms. The van der Waals surface area contributed by atoms with Crippen molar-refractivity contribution in [3.63, 3.8) is 0 Å². The van der Waals surface area contributed by atoms with Gasteiger partial charge in [0.05, 0.1) is 5.69 Å². The molecule has 0 atom stereocenters. The Kier molecular flexibility index (Phi) is 6.04. The molecule has 2 heterocycles. The predicted octanol–water partition coefficient (Wildman–Crippen LogP) is 5.85. The van der Waals surface area contributed by atoms with Crippen molar-refractivity contribution in [1.82, 2.24) is 4.57 Å². The molecular formula is C26H22FN3O3S2. The summed E-state index contributed by atoms with van der Waals surface area (Å²) < 4.78 is 43.4. The molecule has 0 bridgehead atoms. The van der Waals surface area contributed by atoms with Crippen LogP contribution >= 0.6 is 11.3 Å². The van der Waals surface area contributed by atoms with Crippen LogP contribution in [-0.4, -0.2) is 25.4 Å². The van der Waals surface area contributed by atoms with E-state index in [4.69, 9.17) is 0 Å². The highest BCUT2D eigenvalue weighted by Gasteiger charge is 2.28. The Morgan fingerprint density at radius 3 is 2.43 bits per heavy atom. The van der Waals surface area contributed by atoms with Gasteiger partial charge in [0.15, 0.2) is 0 Å². The van der Waals surface area contributed by atoms with Crippen molar-refractivity contribution in [3.05, 3.63) is 90.1 Å². The van der Waals surface area contributed by atoms with Gasteiger partial charge in [-0.2, -0.15) is 0 Å². The van der Waals surface area contributed by atoms with E-state index in [1.165, 1.54) is 30.3 Å². The summed E-state index contributed by atoms with van der Waals surface area (Å²) in [5.41, 5.74) is 2.93. The van der Waals surface area contributed by atoms with Crippen LogP contribution in [-0.2, 0) is 21.4 Å². The number of hydrogen-bond donors (Lipinski definition) is 1. The summed E-state index contributed by atoms with van der Waals surface area (Å²) in [5.74, 6) is -1.00. The van der Waals surface area contributed by atoms with Crippen LogP contribution in [0.3, 0.4) is 0 Å². The summed E-state index contributed by atoms with van der Waals surface area (Å²) in [4.78, 5) is 13.0. The Balaban J connectivity index is 1.47. The molecular weight excluding hydrogens is 485 g/mol. The first-order chi connectivity index (χ1) is 16.9. The number of sulfonamides is 1. The Hall–Kier alpha value is -3.69. The van der Waals surface area contributed by atoms with Gasteiger partial charge in [-0.15, -0.1) is 11.3 Å². The minimum Gasteiger partial charge on any atom is -0.341 e. The van der Waals surface area contributed by atoms with Crippen LogP contribution in [0.2, 0.25) is 0 Å². The molecule has 2 aromatic heterocycles. The van der Waals surface area contributed by atoms with Crippen molar-refractivity contribution < 1.29 is 17.6 Å². The molecule has 0 aliphatic carbocycles. The Morgan fingerprint density at radius 1 is 0.971 bits per heavy atom. The summed E-state index contributed by atoms with van der Waals surface area (Å²) in [5, 5.41) is 6.56. The van der Waals surface area contributed by atoms with Gasteiger partial charge in [-0.1, -0.05) is 24.3 Å². The quantitative estimate of drug-likeness (QED) is 0.300. The van der Waals surface area contributed by atoms with E-state index in [2.05, 4.69) is 22.9 Å². The van der Waals surface area contributed by atoms with Crippen LogP contribution in [0.25, 0.3) is 21.8 Å². The van der Waals surface area contributed by atoms with Gasteiger partial charge in [-0.05, 0) is 66.9 Å². The molecule has 5 aromatic rings. The van der Waals surface area contributed by atoms with Gasteiger partial charge >= 0.3 is 0 Å². The standard InChI is InChI=1S/C26H22FN3O3S2/c1-2-29-23-7-4-3-6-21(23)22-16-19(11-14-24(22)29)28-25(31)17-30(20-12-9-18(27)10-13-20)35(32,33)26-8-5-15-34-26/h3-16H,2,17H2,1H3,(H,28,31). The number of anilines is 2. The minimum absolute atomic E-state index is 0.100. The number of aromatic nitrogens is 1. The topological polar surface area (TPSA) is 71.4 Å². The molecule has 6 nitrogen and oxygen atoms in total. The number of aryl methyl sites for hydroxylation is 1. The molecule has 0 saturated carbocycles. The third-order valence-corrected chi connectivity index (χ3v) is 8.96. The normalized spacial score (nSPS) is 11.7. The molecule has 1 amide bonds. The van der Waals surface area contributed by atoms with Crippen molar-refractivity contribution >= 4 is 60.4 Å². The number of nitrogens with one attached hydrogen (secondary N) is 1. The zero-order chi connectivity index (χ0) is 24.6. The highest BCUT2D eigenvalue weighted by atomic mass is 32.2. The molecule has 9 heteroatoms. The summed E-state index contributed by atoms with van der Waals surface area (Å²) in [6.07, 6.45) is 0. The first-order valence-corrected chi connectivity index (χ1v) is 13.3. The average molecular weight is 508 g/mol. The number of rotatable bonds is 7. The zero-order valence-electron chi connectivity index (χ0n) is 18.8. The lowest BCUT2D eigenvalue weighted by Crippen LogP contribution is -2.37. The van der Waals surface area contributed by atoms with Crippen LogP contribution in [0.15, 0.2) is 88.5 Å². The van der Waals surface area contributed by atoms with E-state index in [9.17, 15) is 17.6 Å². The highest BCUT2D eigenvalue weighted by molar-refractivity contribution is 7.94. The van der Waals surface area contributed by atoms with Gasteiger partial charge in [0.1, 0.15) is 16.6 Å². The van der Waals surface area contributed by atoms with E-state index in [0.717, 1.165) is 44.0 Å². The fourth-order valence-electron chi connectivity index (χ4n) is 4.24. The molecule has 0 aliphatic heterocycles. The second kappa shape index (κ2) is 9.16. The second-order valence-electron chi connectivity index (χ2n) is 7.96. The maximum Gasteiger partial charge on any atom is 0.274 e. The largest absolute Gasteiger partial charge is 0.341 e. The van der Waals surface area contributed by atoms with Crippen LogP contribution in [0, 0.1) is 5.82 Å². The monoisotopic (exact) mass is 507 g/mol. The number of halogens is 1. The molecule has 0 unspecified atom stereocenters. The lowest BCUT2D eigenvalue weighted by Gasteiger charge is -2.23. The number of thiophene rings is 1. The maximum absolute atomic E-state index is 13.5. The number of benzene rings is 3. The van der Waals surface area contributed by atoms with Gasteiger partial charge in [0.2, 0.25) is 5.91 Å². The maximum atomic E-state index is 13.5. The Morgan fingerprint density at radius 2 is 1.71 bits per heavy atom. The van der Waals surface area contributed by atoms with Crippen LogP contribution in [0.1, 0.15) is 6.92 Å². The lowest BCUT2D eigenvalue weighted by atomic mass is 10.1. The Labute approximate surface area is 206 Å². The van der Waals surface area contributed by atoms with Crippen molar-refractivity contribution in [1.29, 1.82) is 0 Å². The first kappa shape index (κ1) is 23.1. The highest BCUT2D eigenvalue weighted by Crippen LogP contribution is 2.31. The SMILES string of the molecule is CCn1c2ccccc2c2cc(NC(=O)CN(c3ccc(F)cc3)S(=O)(=O)c3cccs3)ccc21. The molecule has 3 aromatic carbocycles. The van der Waals surface area contributed by atoms with E-state index in [0.29, 0.717) is 5.69 Å². The van der Waals surface area contributed by atoms with E-state index >= 15 is 0 Å². The van der Waals surface area contributed by atoms with Crippen LogP contribution < -0.4 is 9.62 Å². The zero-order valence-corrected chi connectivity index (χ0v) is 20.4. The smallest absolute Gasteiger partial charge is 0.274 e. The Bertz CT molecular complexity index is 1630. The van der Waals surface area contributed by atoms with E-state index in [1.807, 2.05) is 30.3 Å². The van der Waals surface area contributed by atoms with E-state index in [1.54, 1.807) is 17.5 Å². The van der Waals surface area contributed by atoms with Crippen molar-refractivity contribution in [2.45, 2.75) is 17.7 Å². The summed E-state index contributed by atoms with van der Waals surface area (Å²) >= 11 is 1.06. The minimum atomic E-state index is -4.01. The molecule has 0 spiro atoms. The molecule has 178 valence electrons. The number of amides is 1. The number of fused-ring (bicyclic) bond motifs is 3. The van der Waals surface area contributed by atoms with Crippen molar-refractivity contribution in [2.24, 2.45) is 0 Å². The van der Waals surface area contributed by atoms with Crippen molar-refractivity contribution in [2.75, 3.05) is 16.2 Å². The molecule has 0 aliphatic rings. The van der Waals surface area contributed by atoms with Gasteiger partial charge in [0.25, 0.3) is 10.0 Å². The molecule has 5 rings (SSSR count). The van der Waals surface area contributed by atoms with Crippen LogP contribution in [0.5, 0.6) is 0 Å². The van der Waals surface area contributed by atoms with Gasteiger partial charge < -0.3 is 9.88 Å². The third-order valence-electron chi connectivity index (χ3n) is 5.81. The number of hydrogen-bond acceptors (Lipinski definition) is 4. The van der Waals surface area contributed by atoms with Gasteiger partial charge in [-0.25, -0.2) is 12.8 Å². The first-order valence-electron chi connectivity index (χ1n) is 11.0. The fraction of sp³-hybridized carbons (Fsp3) is 0.115. The third kappa shape index (κ3) is 4.28. The summed E-state index contributed by atoms with van der Waals surface area (Å²) in [6, 6.07) is 21.9. The average Bonchev–Trinajstić information content (AvgIpc) is 3.50. The van der Waals surface area contributed by atoms with Crippen molar-refractivity contribution in [3.8, 4) is 0 Å². The molecule has 0 radical (unpaired) electrons. The number of nitrogens with zero attached hydrogens (tertiary/aromatic N) is 2. The van der Waals surface area contributed by atoms with Gasteiger partial charge in [0, 0.05) is 34.0 Å². The molecule has 1 N–H and O–H groups in total. The van der Waals surface area contributed by atoms with Crippen LogP contribution in [0.4, 0.5) is 15.8 Å². The summed E-state index contributed by atoms with van der Waals surface area (Å²) in [7, 11) is -4.01. The predicted molar refractivity (Wildman–Crippen MR) is 139 cm³/mol. The lowest BCUT2D eigenvalue weighted by molar-refractivity contribution is -0.114. The fourth-order valence-corrected chi connectivity index (χ4v) is 6.77. The van der Waals surface area contributed by atoms with E-state index < -0.39 is 28.3 Å². The van der Waals surface area contributed by atoms with Gasteiger partial charge in [-0.3, -0.25) is 9.10 Å². The van der Waals surface area contributed by atoms with E-state index in [-0.39, 0.29) is 9.90 Å². The number of para-hydroxylation sites is 1. The second-order valence-corrected chi connectivity index (χ2v) is 11.0. The number of carbonyl (C=O) groups is 1. The summed E-state index contributed by atoms with van der Waals surface area (Å²) in [6.45, 7) is 2.43.